The molecule has 0 spiro atoms. The van der Waals surface area contributed by atoms with Crippen LogP contribution in [0.5, 0.6) is 0 Å². The Hall–Kier alpha value is -5.44. The van der Waals surface area contributed by atoms with E-state index in [1.165, 1.54) is 42.3 Å². The van der Waals surface area contributed by atoms with Crippen LogP contribution in [-0.2, 0) is 28.6 Å². The van der Waals surface area contributed by atoms with Gasteiger partial charge < -0.3 is 35.7 Å². The van der Waals surface area contributed by atoms with Gasteiger partial charge in [0.1, 0.15) is 29.3 Å². The molecular weight excluding hydrogens is 971 g/mol. The van der Waals surface area contributed by atoms with Crippen LogP contribution in [0.2, 0.25) is 0 Å². The first-order chi connectivity index (χ1) is 33.2. The standard InChI is InChI=1S/C52H64N3O8P.F6P/c1-35-31-42-47(54-29-18-7-8-19-30-64(39-22-12-9-13-23-39,40-24-14-10-15-25-40)41-26-16-11-17-27-41)44(56)34-43(49(42)58)55-51(59)36(2)21-20-28-45(61-5)50(63-52(53)60)38(4)33-37(3)48(57)46(32-35)62-6;1-7(2,3,4,5)6/h9-17,20-28,33-35,37,45-46,48,50,57H,7-8,18-19,29-32H2,1-6H3,(H3-,53,54,55,56,58,59,60);/q;-1/p+1/b28-20+,36-21-,38-33+;/t35-,37+,45?,46?,48-,50+;/m1./s1. The molecule has 2 amide bonds. The summed E-state index contributed by atoms with van der Waals surface area (Å²) in [5.41, 5.74) is 6.67. The summed E-state index contributed by atoms with van der Waals surface area (Å²) in [6.45, 7) is 7.58. The van der Waals surface area contributed by atoms with E-state index in [0.717, 1.165) is 31.8 Å². The molecule has 2 unspecified atom stereocenters. The first-order valence-electron chi connectivity index (χ1n) is 23.2. The average Bonchev–Trinajstić information content (AvgIpc) is 3.31. The van der Waals surface area contributed by atoms with E-state index in [1.807, 2.05) is 13.8 Å². The number of fused-ring (bicyclic) bond motifs is 2. The van der Waals surface area contributed by atoms with Crippen LogP contribution in [0.4, 0.5) is 30.0 Å². The number of allylic oxidation sites excluding steroid dienone is 4. The Balaban J connectivity index is 0.00000145. The van der Waals surface area contributed by atoms with Crippen LogP contribution in [0.1, 0.15) is 66.2 Å². The van der Waals surface area contributed by atoms with Crippen molar-refractivity contribution in [2.75, 3.05) is 26.9 Å². The average molecular weight is 1040 g/mol. The van der Waals surface area contributed by atoms with Crippen LogP contribution in [-0.4, -0.2) is 80.0 Å². The molecule has 1 aliphatic carbocycles. The number of hydrogen-bond donors (Lipinski definition) is 4. The third-order valence-corrected chi connectivity index (χ3v) is 16.6. The Kier molecular flexibility index (Phi) is 20.3. The third kappa shape index (κ3) is 18.3. The molecule has 2 bridgehead atoms. The van der Waals surface area contributed by atoms with E-state index < -0.39 is 69.0 Å². The predicted molar refractivity (Wildman–Crippen MR) is 270 cm³/mol. The number of carbonyl (C=O) groups excluding carboxylic acids is 4. The number of ketones is 2. The van der Waals surface area contributed by atoms with Crippen LogP contribution in [0.25, 0.3) is 0 Å². The molecule has 19 heteroatoms. The zero-order chi connectivity index (χ0) is 52.6. The molecule has 11 nitrogen and oxygen atoms in total. The molecule has 3 aromatic carbocycles. The summed E-state index contributed by atoms with van der Waals surface area (Å²) in [4.78, 5) is 53.4. The van der Waals surface area contributed by atoms with Gasteiger partial charge in [-0.2, -0.15) is 0 Å². The van der Waals surface area contributed by atoms with Crippen LogP contribution in [0, 0.1) is 11.8 Å². The molecule has 3 aromatic rings. The van der Waals surface area contributed by atoms with Crippen LogP contribution in [0.15, 0.2) is 149 Å². The first-order valence-corrected chi connectivity index (χ1v) is 27.2. The Morgan fingerprint density at radius 3 is 1.83 bits per heavy atom. The van der Waals surface area contributed by atoms with Gasteiger partial charge in [0, 0.05) is 43.9 Å². The van der Waals surface area contributed by atoms with Gasteiger partial charge in [-0.25, -0.2) is 4.79 Å². The second-order valence-electron chi connectivity index (χ2n) is 17.8. The summed E-state index contributed by atoms with van der Waals surface area (Å²) in [7, 11) is -9.63. The van der Waals surface area contributed by atoms with Crippen molar-refractivity contribution in [2.45, 2.75) is 90.6 Å². The van der Waals surface area contributed by atoms with Crippen molar-refractivity contribution in [1.29, 1.82) is 0 Å². The Bertz CT molecular complexity index is 2360. The van der Waals surface area contributed by atoms with E-state index in [0.29, 0.717) is 18.5 Å². The number of Topliss-reactive ketones (excluding diaryl/α,β-unsaturated/α-hetero) is 1. The van der Waals surface area contributed by atoms with Crippen molar-refractivity contribution in [1.82, 2.24) is 10.6 Å². The summed E-state index contributed by atoms with van der Waals surface area (Å²) in [6, 6.07) is 32.6. The van der Waals surface area contributed by atoms with Crippen molar-refractivity contribution in [2.24, 2.45) is 17.6 Å². The van der Waals surface area contributed by atoms with Gasteiger partial charge in [-0.15, -0.1) is 0 Å². The number of primary amides is 1. The zero-order valence-corrected chi connectivity index (χ0v) is 42.5. The van der Waals surface area contributed by atoms with Gasteiger partial charge >= 0.3 is 39.1 Å². The van der Waals surface area contributed by atoms with E-state index in [2.05, 4.69) is 102 Å². The van der Waals surface area contributed by atoms with Crippen molar-refractivity contribution in [3.8, 4) is 0 Å². The van der Waals surface area contributed by atoms with E-state index >= 15 is 0 Å². The third-order valence-electron chi connectivity index (χ3n) is 12.1. The fourth-order valence-corrected chi connectivity index (χ4v) is 13.1. The van der Waals surface area contributed by atoms with Crippen LogP contribution >= 0.6 is 15.1 Å². The number of carbonyl (C=O) groups is 4. The molecule has 0 fully saturated rings. The molecule has 0 radical (unpaired) electrons. The summed E-state index contributed by atoms with van der Waals surface area (Å²) in [6.07, 6.45) is 8.61. The number of ether oxygens (including phenoxy) is 3. The minimum atomic E-state index is -10.7. The number of halogens is 6. The summed E-state index contributed by atoms with van der Waals surface area (Å²) < 4.78 is 76.1. The molecule has 6 atom stereocenters. The molecule has 0 saturated carbocycles. The fraction of sp³-hybridized carbons (Fsp3) is 0.385. The van der Waals surface area contributed by atoms with Crippen molar-refractivity contribution in [3.63, 3.8) is 0 Å². The van der Waals surface area contributed by atoms with Crippen molar-refractivity contribution >= 4 is 54.6 Å². The molecule has 5 N–H and O–H groups in total. The van der Waals surface area contributed by atoms with Crippen LogP contribution < -0.4 is 32.3 Å². The van der Waals surface area contributed by atoms with E-state index in [1.54, 1.807) is 32.1 Å². The normalized spacial score (nSPS) is 24.8. The topological polar surface area (TPSA) is 166 Å². The molecule has 388 valence electrons. The Morgan fingerprint density at radius 2 is 1.34 bits per heavy atom. The number of rotatable bonds is 14. The molecule has 71 heavy (non-hydrogen) atoms. The minimum absolute atomic E-state index is 0.110. The van der Waals surface area contributed by atoms with Gasteiger partial charge in [-0.1, -0.05) is 99.2 Å². The van der Waals surface area contributed by atoms with Crippen LogP contribution in [0.3, 0.4) is 0 Å². The number of amides is 2. The predicted octanol–water partition coefficient (Wildman–Crippen LogP) is 10.3. The van der Waals surface area contributed by atoms with Crippen molar-refractivity contribution in [3.05, 3.63) is 149 Å². The van der Waals surface area contributed by atoms with Gasteiger partial charge in [0.2, 0.25) is 11.6 Å². The summed E-state index contributed by atoms with van der Waals surface area (Å²) in [5, 5.41) is 21.6. The summed E-state index contributed by atoms with van der Waals surface area (Å²) in [5.74, 6) is -2.09. The number of hydrogen-bond acceptors (Lipinski definition) is 9. The molecule has 1 aliphatic heterocycles. The van der Waals surface area contributed by atoms with E-state index in [4.69, 9.17) is 19.9 Å². The Morgan fingerprint density at radius 1 is 0.817 bits per heavy atom. The van der Waals surface area contributed by atoms with E-state index in [-0.39, 0.29) is 34.9 Å². The van der Waals surface area contributed by atoms with Gasteiger partial charge in [-0.05, 0) is 93.8 Å². The maximum atomic E-state index is 14.2. The maximum absolute atomic E-state index is 14.2. The molecule has 1 heterocycles. The Labute approximate surface area is 412 Å². The molecule has 0 aromatic heterocycles. The van der Waals surface area contributed by atoms with Gasteiger partial charge in [0.05, 0.1) is 29.8 Å². The number of aliphatic hydroxyl groups is 1. The number of benzene rings is 3. The SMILES string of the molecule is COC1/C=C/C=C(/C)C(=O)NC2=CC(=O)C(NCCCCCC[P+](c3ccccc3)(c3ccccc3)c3ccccc3)=C(C[C@@H](C)CC(OC)[C@H](O)[C@@H](C)/C=C(\C)[C@@H]1OC(N)=O)C2=O.F[P-](F)(F)(F)(F)F. The monoisotopic (exact) mass is 1040 g/mol. The molecule has 2 aliphatic rings. The molecule has 5 rings (SSSR count). The van der Waals surface area contributed by atoms with Gasteiger partial charge in [0.15, 0.2) is 6.10 Å². The van der Waals surface area contributed by atoms with E-state index in [9.17, 15) is 49.5 Å². The first kappa shape index (κ1) is 58.1. The second kappa shape index (κ2) is 24.8. The quantitative estimate of drug-likeness (QED) is 0.0404. The number of unbranched alkanes of at least 4 members (excludes halogenated alkanes) is 3. The zero-order valence-electron chi connectivity index (χ0n) is 40.7. The molecular formula is C52H65F6N3O8P2. The number of aliphatic hydroxyl groups excluding tert-OH is 1. The summed E-state index contributed by atoms with van der Waals surface area (Å²) >= 11 is 0. The number of nitrogens with one attached hydrogen (secondary N) is 2. The second-order valence-corrected chi connectivity index (χ2v) is 23.3. The number of nitrogens with two attached hydrogens (primary N) is 1. The van der Waals surface area contributed by atoms with Gasteiger partial charge in [0.25, 0.3) is 5.91 Å². The van der Waals surface area contributed by atoms with Gasteiger partial charge in [-0.3, -0.25) is 14.4 Å². The number of methoxy groups -OCH3 is 2. The van der Waals surface area contributed by atoms with Crippen molar-refractivity contribution < 1.29 is 63.7 Å². The fourth-order valence-electron chi connectivity index (χ4n) is 8.70. The molecule has 0 saturated heterocycles.